The fourth-order valence-corrected chi connectivity index (χ4v) is 1.05. The van der Waals surface area contributed by atoms with Gasteiger partial charge in [-0.1, -0.05) is 0 Å². The lowest BCUT2D eigenvalue weighted by atomic mass is 10.3. The number of carbonyl (C=O) groups is 1. The normalized spacial score (nSPS) is 10.5. The highest BCUT2D eigenvalue weighted by molar-refractivity contribution is 5.92. The first-order valence-electron chi connectivity index (χ1n) is 3.58. The van der Waals surface area contributed by atoms with Gasteiger partial charge in [-0.2, -0.15) is 4.98 Å². The number of amides is 1. The van der Waals surface area contributed by atoms with E-state index in [1.54, 1.807) is 12.1 Å². The van der Waals surface area contributed by atoms with Gasteiger partial charge >= 0.3 is 0 Å². The highest BCUT2D eigenvalue weighted by atomic mass is 16.1. The van der Waals surface area contributed by atoms with Gasteiger partial charge in [-0.05, 0) is 12.1 Å². The second kappa shape index (κ2) is 2.44. The number of primary amides is 1. The molecular formula is C7H7N5O. The van der Waals surface area contributed by atoms with E-state index in [1.165, 1.54) is 10.7 Å². The third kappa shape index (κ3) is 1.18. The van der Waals surface area contributed by atoms with Gasteiger partial charge in [0.25, 0.3) is 0 Å². The summed E-state index contributed by atoms with van der Waals surface area (Å²) in [7, 11) is 0. The van der Waals surface area contributed by atoms with Crippen LogP contribution in [-0.2, 0) is 0 Å². The number of nitrogens with two attached hydrogens (primary N) is 2. The van der Waals surface area contributed by atoms with Crippen LogP contribution in [0.15, 0.2) is 18.3 Å². The molecule has 0 aliphatic carbocycles. The number of nitrogens with zero attached hydrogens (tertiary/aromatic N) is 3. The second-order valence-corrected chi connectivity index (χ2v) is 2.55. The van der Waals surface area contributed by atoms with E-state index in [4.69, 9.17) is 11.5 Å². The number of hydrogen-bond acceptors (Lipinski definition) is 4. The average Bonchev–Trinajstić information content (AvgIpc) is 2.42. The number of anilines is 1. The Labute approximate surface area is 73.2 Å². The summed E-state index contributed by atoms with van der Waals surface area (Å²) in [6, 6.07) is 3.20. The first-order valence-corrected chi connectivity index (χ1v) is 3.58. The third-order valence-electron chi connectivity index (χ3n) is 1.63. The summed E-state index contributed by atoms with van der Waals surface area (Å²) in [6.45, 7) is 0. The maximum Gasteiger partial charge on any atom is 0.250 e. The molecule has 66 valence electrons. The Morgan fingerprint density at radius 2 is 2.23 bits per heavy atom. The molecule has 1 amide bonds. The molecule has 4 N–H and O–H groups in total. The van der Waals surface area contributed by atoms with Gasteiger partial charge in [0.15, 0.2) is 5.65 Å². The van der Waals surface area contributed by atoms with E-state index < -0.39 is 5.91 Å². The highest BCUT2D eigenvalue weighted by Crippen LogP contribution is 2.04. The van der Waals surface area contributed by atoms with Crippen molar-refractivity contribution in [3.63, 3.8) is 0 Å². The SMILES string of the molecule is NC(=O)c1ccc2nc(N)nn2c1. The van der Waals surface area contributed by atoms with Crippen molar-refractivity contribution in [1.29, 1.82) is 0 Å². The van der Waals surface area contributed by atoms with E-state index in [2.05, 4.69) is 10.1 Å². The van der Waals surface area contributed by atoms with Crippen LogP contribution in [0.3, 0.4) is 0 Å². The number of nitrogen functional groups attached to an aromatic ring is 1. The fraction of sp³-hybridized carbons (Fsp3) is 0. The summed E-state index contributed by atoms with van der Waals surface area (Å²) < 4.78 is 1.41. The minimum atomic E-state index is -0.504. The molecule has 13 heavy (non-hydrogen) atoms. The van der Waals surface area contributed by atoms with Gasteiger partial charge in [-0.3, -0.25) is 4.79 Å². The van der Waals surface area contributed by atoms with Gasteiger partial charge in [-0.15, -0.1) is 5.10 Å². The summed E-state index contributed by atoms with van der Waals surface area (Å²) in [5.74, 6) is -0.336. The molecular weight excluding hydrogens is 170 g/mol. The molecule has 2 heterocycles. The monoisotopic (exact) mass is 177 g/mol. The molecule has 6 heteroatoms. The summed E-state index contributed by atoms with van der Waals surface area (Å²) in [5.41, 5.74) is 11.4. The Kier molecular flexibility index (Phi) is 1.42. The van der Waals surface area contributed by atoms with Gasteiger partial charge in [-0.25, -0.2) is 4.52 Å². The molecule has 2 rings (SSSR count). The minimum absolute atomic E-state index is 0.168. The Morgan fingerprint density at radius 3 is 2.92 bits per heavy atom. The summed E-state index contributed by atoms with van der Waals surface area (Å²) in [4.78, 5) is 14.7. The van der Waals surface area contributed by atoms with Crippen LogP contribution in [0.4, 0.5) is 5.95 Å². The molecule has 0 aliphatic heterocycles. The van der Waals surface area contributed by atoms with Crippen molar-refractivity contribution in [2.45, 2.75) is 0 Å². The van der Waals surface area contributed by atoms with Gasteiger partial charge < -0.3 is 11.5 Å². The quantitative estimate of drug-likeness (QED) is 0.608. The molecule has 0 bridgehead atoms. The molecule has 0 aliphatic rings. The lowest BCUT2D eigenvalue weighted by Gasteiger charge is -1.94. The van der Waals surface area contributed by atoms with Gasteiger partial charge in [0.05, 0.1) is 5.56 Å². The van der Waals surface area contributed by atoms with Crippen LogP contribution in [0.2, 0.25) is 0 Å². The number of rotatable bonds is 1. The molecule has 6 nitrogen and oxygen atoms in total. The second-order valence-electron chi connectivity index (χ2n) is 2.55. The predicted molar refractivity (Wildman–Crippen MR) is 45.9 cm³/mol. The molecule has 0 aromatic carbocycles. The van der Waals surface area contributed by atoms with E-state index in [1.807, 2.05) is 0 Å². The Hall–Kier alpha value is -2.11. The number of fused-ring (bicyclic) bond motifs is 1. The Morgan fingerprint density at radius 1 is 1.46 bits per heavy atom. The van der Waals surface area contributed by atoms with Gasteiger partial charge in [0.1, 0.15) is 0 Å². The molecule has 2 aromatic rings. The van der Waals surface area contributed by atoms with Crippen LogP contribution in [0.5, 0.6) is 0 Å². The van der Waals surface area contributed by atoms with Crippen molar-refractivity contribution >= 4 is 17.5 Å². The lowest BCUT2D eigenvalue weighted by Crippen LogP contribution is -2.11. The van der Waals surface area contributed by atoms with E-state index in [9.17, 15) is 4.79 Å². The van der Waals surface area contributed by atoms with Crippen molar-refractivity contribution in [2.24, 2.45) is 5.73 Å². The van der Waals surface area contributed by atoms with Crippen LogP contribution in [0, 0.1) is 0 Å². The largest absolute Gasteiger partial charge is 0.366 e. The smallest absolute Gasteiger partial charge is 0.250 e. The molecule has 2 aromatic heterocycles. The zero-order valence-corrected chi connectivity index (χ0v) is 6.64. The lowest BCUT2D eigenvalue weighted by molar-refractivity contribution is 0.1000. The molecule has 0 radical (unpaired) electrons. The van der Waals surface area contributed by atoms with Crippen LogP contribution >= 0.6 is 0 Å². The van der Waals surface area contributed by atoms with Crippen molar-refractivity contribution < 1.29 is 4.79 Å². The molecule has 0 spiro atoms. The van der Waals surface area contributed by atoms with Gasteiger partial charge in [0.2, 0.25) is 11.9 Å². The first kappa shape index (κ1) is 7.53. The van der Waals surface area contributed by atoms with E-state index >= 15 is 0 Å². The molecule has 0 saturated heterocycles. The van der Waals surface area contributed by atoms with E-state index in [0.29, 0.717) is 11.2 Å². The average molecular weight is 177 g/mol. The van der Waals surface area contributed by atoms with Crippen LogP contribution < -0.4 is 11.5 Å². The van der Waals surface area contributed by atoms with E-state index in [-0.39, 0.29) is 5.95 Å². The minimum Gasteiger partial charge on any atom is -0.366 e. The molecule has 0 saturated carbocycles. The summed E-state index contributed by atoms with van der Waals surface area (Å²) >= 11 is 0. The van der Waals surface area contributed by atoms with Crippen LogP contribution in [0.1, 0.15) is 10.4 Å². The van der Waals surface area contributed by atoms with Gasteiger partial charge in [0, 0.05) is 6.20 Å². The Bertz CT molecular complexity index is 475. The highest BCUT2D eigenvalue weighted by Gasteiger charge is 2.03. The fourth-order valence-electron chi connectivity index (χ4n) is 1.05. The zero-order valence-electron chi connectivity index (χ0n) is 6.64. The topological polar surface area (TPSA) is 99.3 Å². The van der Waals surface area contributed by atoms with Crippen LogP contribution in [0.25, 0.3) is 5.65 Å². The Balaban J connectivity index is 2.67. The van der Waals surface area contributed by atoms with Crippen molar-refractivity contribution in [3.05, 3.63) is 23.9 Å². The predicted octanol–water partition coefficient (Wildman–Crippen LogP) is -0.590. The molecule has 0 atom stereocenters. The maximum absolute atomic E-state index is 10.8. The zero-order chi connectivity index (χ0) is 9.42. The molecule has 0 fully saturated rings. The van der Waals surface area contributed by atoms with E-state index in [0.717, 1.165) is 0 Å². The third-order valence-corrected chi connectivity index (χ3v) is 1.63. The van der Waals surface area contributed by atoms with Crippen LogP contribution in [-0.4, -0.2) is 20.5 Å². The summed E-state index contributed by atoms with van der Waals surface area (Å²) in [6.07, 6.45) is 1.49. The maximum atomic E-state index is 10.8. The number of hydrogen-bond donors (Lipinski definition) is 2. The number of carbonyl (C=O) groups excluding carboxylic acids is 1. The molecule has 0 unspecified atom stereocenters. The summed E-state index contributed by atoms with van der Waals surface area (Å²) in [5, 5.41) is 3.83. The number of pyridine rings is 1. The van der Waals surface area contributed by atoms with Crippen molar-refractivity contribution in [3.8, 4) is 0 Å². The van der Waals surface area contributed by atoms with Crippen molar-refractivity contribution in [2.75, 3.05) is 5.73 Å². The van der Waals surface area contributed by atoms with Crippen molar-refractivity contribution in [1.82, 2.24) is 14.6 Å². The number of aromatic nitrogens is 3. The first-order chi connectivity index (χ1) is 6.16. The standard InChI is InChI=1S/C7H7N5O/c8-6(13)4-1-2-5-10-7(9)11-12(5)3-4/h1-3H,(H2,8,13)(H2,9,11).